The van der Waals surface area contributed by atoms with Crippen LogP contribution in [0.4, 0.5) is 5.69 Å². The van der Waals surface area contributed by atoms with Crippen LogP contribution in [-0.4, -0.2) is 110 Å². The molecule has 5 rings (SSSR count). The van der Waals surface area contributed by atoms with Gasteiger partial charge in [0.2, 0.25) is 11.8 Å². The second-order valence-corrected chi connectivity index (χ2v) is 18.7. The number of aliphatic hydroxyl groups excluding tert-OH is 1. The standard InChI is InChI=1S/C28H50O3.C18H26N4O8/c1-6-7-8-9-14-28(4,30)25-11-10-21-20-18-24(31-5)23-17-19(29)12-15-26(23,2)22(20)13-16-27(21,25)3;1-28-13-3-2-12(17(26)16(13)18(20)27)22-15(25)10-30-7-6-29-5-4-21-14(24)8-11(19)9-23/h19-25,29-30H,6-18H2,1-5H3;2-3,9,11,26H,4-8,10,19H2,1H3,(H2,20,27)(H,21,24)(H,22,25)/t19?,20?,21-,22-,23?,24-,25?,26?,27?,28-;/m0./s1. The highest BCUT2D eigenvalue weighted by Crippen LogP contribution is 2.69. The predicted molar refractivity (Wildman–Crippen MR) is 232 cm³/mol. The summed E-state index contributed by atoms with van der Waals surface area (Å²) >= 11 is 0. The average Bonchev–Trinajstić information content (AvgIpc) is 3.59. The van der Waals surface area contributed by atoms with Crippen molar-refractivity contribution in [2.24, 2.45) is 51.9 Å². The summed E-state index contributed by atoms with van der Waals surface area (Å²) in [6.45, 7) is 9.91. The molecule has 15 heteroatoms. The van der Waals surface area contributed by atoms with E-state index in [-0.39, 0.29) is 79.9 Å². The summed E-state index contributed by atoms with van der Waals surface area (Å²) in [4.78, 5) is 45.1. The second kappa shape index (κ2) is 22.8. The number of aliphatic hydroxyl groups is 2. The zero-order valence-electron chi connectivity index (χ0n) is 37.5. The van der Waals surface area contributed by atoms with Crippen molar-refractivity contribution in [2.75, 3.05) is 52.5 Å². The minimum absolute atomic E-state index is 0.0144. The molecular formula is C46H76N4O11. The Kier molecular flexibility index (Phi) is 18.8. The predicted octanol–water partition coefficient (Wildman–Crippen LogP) is 4.86. The number of carbonyl (C=O) groups is 4. The molecule has 4 fully saturated rings. The van der Waals surface area contributed by atoms with Crippen LogP contribution < -0.4 is 26.8 Å². The van der Waals surface area contributed by atoms with Crippen molar-refractivity contribution >= 4 is 29.7 Å². The number of aldehydes is 1. The SMILES string of the molecule is CCCCCC[C@](C)(O)C1CC[C@H]2C3C[C@H](OC)C4CC(O)CCC4(C)[C@H]3CCC12C.COc1ccc(NC(=O)COCCOCCNC(=O)CC(N)C=O)c(O)c1C(N)=O. The number of nitrogens with one attached hydrogen (secondary N) is 2. The number of aromatic hydroxyl groups is 1. The molecule has 1 aromatic carbocycles. The Bertz CT molecular complexity index is 1610. The van der Waals surface area contributed by atoms with Crippen molar-refractivity contribution in [1.29, 1.82) is 0 Å². The maximum atomic E-state index is 11.9. The largest absolute Gasteiger partial charge is 0.505 e. The summed E-state index contributed by atoms with van der Waals surface area (Å²) in [7, 11) is 3.21. The molecule has 1 aromatic rings. The molecule has 4 aliphatic rings. The Morgan fingerprint density at radius 2 is 1.66 bits per heavy atom. The van der Waals surface area contributed by atoms with Crippen LogP contribution in [-0.2, 0) is 28.6 Å². The minimum Gasteiger partial charge on any atom is -0.505 e. The number of carbonyl (C=O) groups excluding carboxylic acids is 4. The summed E-state index contributed by atoms with van der Waals surface area (Å²) in [5.74, 6) is 0.903. The third-order valence-electron chi connectivity index (χ3n) is 14.9. The molecule has 7 unspecified atom stereocenters. The van der Waals surface area contributed by atoms with E-state index in [2.05, 4.69) is 38.3 Å². The number of rotatable bonds is 21. The lowest BCUT2D eigenvalue weighted by Gasteiger charge is -2.63. The molecule has 0 bridgehead atoms. The first-order chi connectivity index (χ1) is 29.0. The molecule has 4 aliphatic carbocycles. The lowest BCUT2D eigenvalue weighted by atomic mass is 9.43. The number of hydrogen-bond acceptors (Lipinski definition) is 12. The van der Waals surface area contributed by atoms with Gasteiger partial charge < -0.3 is 61.2 Å². The van der Waals surface area contributed by atoms with Gasteiger partial charge in [-0.3, -0.25) is 14.4 Å². The summed E-state index contributed by atoms with van der Waals surface area (Å²) in [6.07, 6.45) is 15.8. The fraction of sp³-hybridized carbons (Fsp3) is 0.783. The lowest BCUT2D eigenvalue weighted by molar-refractivity contribution is -0.185. The van der Waals surface area contributed by atoms with Gasteiger partial charge in [-0.15, -0.1) is 0 Å². The molecule has 11 atom stereocenters. The van der Waals surface area contributed by atoms with Gasteiger partial charge >= 0.3 is 0 Å². The third kappa shape index (κ3) is 12.4. The van der Waals surface area contributed by atoms with Crippen molar-refractivity contribution in [1.82, 2.24) is 5.32 Å². The fourth-order valence-corrected chi connectivity index (χ4v) is 11.9. The van der Waals surface area contributed by atoms with Crippen molar-refractivity contribution < 1.29 is 53.4 Å². The number of amides is 3. The van der Waals surface area contributed by atoms with Gasteiger partial charge in [-0.2, -0.15) is 0 Å². The first kappa shape index (κ1) is 50.3. The van der Waals surface area contributed by atoms with Gasteiger partial charge in [-0.25, -0.2) is 0 Å². The number of anilines is 1. The third-order valence-corrected chi connectivity index (χ3v) is 14.9. The number of hydrogen-bond donors (Lipinski definition) is 7. The average molecular weight is 861 g/mol. The van der Waals surface area contributed by atoms with Crippen LogP contribution in [0.3, 0.4) is 0 Å². The van der Waals surface area contributed by atoms with Crippen LogP contribution in [0.25, 0.3) is 0 Å². The van der Waals surface area contributed by atoms with E-state index < -0.39 is 29.2 Å². The second-order valence-electron chi connectivity index (χ2n) is 18.7. The number of fused-ring (bicyclic) bond motifs is 5. The first-order valence-corrected chi connectivity index (χ1v) is 22.5. The van der Waals surface area contributed by atoms with E-state index in [1.165, 1.54) is 70.6 Å². The fourth-order valence-electron chi connectivity index (χ4n) is 11.9. The molecular weight excluding hydrogens is 785 g/mol. The van der Waals surface area contributed by atoms with Crippen LogP contribution >= 0.6 is 0 Å². The van der Waals surface area contributed by atoms with Gasteiger partial charge in [-0.05, 0) is 117 Å². The molecule has 0 spiro atoms. The molecule has 3 amide bonds. The molecule has 4 saturated carbocycles. The normalized spacial score (nSPS) is 30.5. The molecule has 0 aromatic heterocycles. The Hall–Kier alpha value is -3.34. The van der Waals surface area contributed by atoms with Crippen LogP contribution in [0.1, 0.15) is 128 Å². The topological polar surface area (TPSA) is 242 Å². The maximum absolute atomic E-state index is 11.9. The summed E-state index contributed by atoms with van der Waals surface area (Å²) < 4.78 is 21.4. The van der Waals surface area contributed by atoms with E-state index >= 15 is 0 Å². The highest BCUT2D eigenvalue weighted by molar-refractivity contribution is 6.02. The van der Waals surface area contributed by atoms with E-state index in [4.69, 9.17) is 30.4 Å². The smallest absolute Gasteiger partial charge is 0.256 e. The van der Waals surface area contributed by atoms with Gasteiger partial charge in [0.1, 0.15) is 24.2 Å². The number of ether oxygens (including phenoxy) is 4. The molecule has 9 N–H and O–H groups in total. The molecule has 0 radical (unpaired) electrons. The molecule has 15 nitrogen and oxygen atoms in total. The molecule has 0 aliphatic heterocycles. The number of methoxy groups -OCH3 is 2. The minimum atomic E-state index is -0.906. The van der Waals surface area contributed by atoms with E-state index in [1.807, 2.05) is 7.11 Å². The first-order valence-electron chi connectivity index (χ1n) is 22.5. The lowest BCUT2D eigenvalue weighted by Crippen LogP contribution is -2.59. The van der Waals surface area contributed by atoms with Gasteiger partial charge in [0.05, 0.1) is 56.5 Å². The Labute approximate surface area is 362 Å². The number of benzene rings is 1. The highest BCUT2D eigenvalue weighted by atomic mass is 16.5. The Balaban J connectivity index is 0.000000269. The van der Waals surface area contributed by atoms with Gasteiger partial charge in [-0.1, -0.05) is 46.5 Å². The number of unbranched alkanes of at least 4 members (excludes halogenated alkanes) is 3. The Morgan fingerprint density at radius 3 is 2.33 bits per heavy atom. The van der Waals surface area contributed by atoms with Gasteiger partial charge in [0, 0.05) is 20.1 Å². The van der Waals surface area contributed by atoms with Crippen molar-refractivity contribution in [2.45, 2.75) is 141 Å². The van der Waals surface area contributed by atoms with Crippen molar-refractivity contribution in [3.63, 3.8) is 0 Å². The van der Waals surface area contributed by atoms with E-state index in [0.29, 0.717) is 23.5 Å². The number of primary amides is 1. The summed E-state index contributed by atoms with van der Waals surface area (Å²) in [5.41, 5.74) is 10.3. The zero-order valence-corrected chi connectivity index (χ0v) is 37.5. The summed E-state index contributed by atoms with van der Waals surface area (Å²) in [5, 5.41) is 37.1. The monoisotopic (exact) mass is 861 g/mol. The van der Waals surface area contributed by atoms with Crippen LogP contribution in [0.2, 0.25) is 0 Å². The number of phenols is 1. The molecule has 0 saturated heterocycles. The van der Waals surface area contributed by atoms with Crippen molar-refractivity contribution in [3.8, 4) is 11.5 Å². The number of nitrogens with two attached hydrogens (primary N) is 2. The van der Waals surface area contributed by atoms with Gasteiger partial charge in [0.15, 0.2) is 5.75 Å². The molecule has 346 valence electrons. The molecule has 61 heavy (non-hydrogen) atoms. The van der Waals surface area contributed by atoms with E-state index in [1.54, 1.807) is 0 Å². The molecule has 0 heterocycles. The maximum Gasteiger partial charge on any atom is 0.256 e. The van der Waals surface area contributed by atoms with Crippen LogP contribution in [0.15, 0.2) is 12.1 Å². The van der Waals surface area contributed by atoms with E-state index in [9.17, 15) is 34.5 Å². The van der Waals surface area contributed by atoms with Crippen molar-refractivity contribution in [3.05, 3.63) is 17.7 Å². The quantitative estimate of drug-likeness (QED) is 0.0499. The highest BCUT2D eigenvalue weighted by Gasteiger charge is 2.64. The van der Waals surface area contributed by atoms with E-state index in [0.717, 1.165) is 49.9 Å². The van der Waals surface area contributed by atoms with Crippen LogP contribution in [0, 0.1) is 40.4 Å². The van der Waals surface area contributed by atoms with Gasteiger partial charge in [0.25, 0.3) is 5.91 Å². The summed E-state index contributed by atoms with van der Waals surface area (Å²) in [6, 6.07) is 1.92. The zero-order chi connectivity index (χ0) is 45.0. The Morgan fingerprint density at radius 1 is 0.951 bits per heavy atom. The van der Waals surface area contributed by atoms with Crippen LogP contribution in [0.5, 0.6) is 11.5 Å².